The molecule has 4 aromatic rings. The van der Waals surface area contributed by atoms with Gasteiger partial charge in [0.25, 0.3) is 11.5 Å². The number of hydrogen-bond acceptors (Lipinski definition) is 8. The summed E-state index contributed by atoms with van der Waals surface area (Å²) in [6.07, 6.45) is 2.17. The lowest BCUT2D eigenvalue weighted by Gasteiger charge is -2.18. The van der Waals surface area contributed by atoms with E-state index in [-0.39, 0.29) is 35.8 Å². The number of aromatic nitrogens is 4. The summed E-state index contributed by atoms with van der Waals surface area (Å²) in [6.45, 7) is 0.739. The Hall–Kier alpha value is -4.32. The second-order valence-electron chi connectivity index (χ2n) is 8.34. The van der Waals surface area contributed by atoms with E-state index in [0.717, 1.165) is 4.68 Å². The van der Waals surface area contributed by atoms with Gasteiger partial charge in [-0.2, -0.15) is 4.68 Å². The van der Waals surface area contributed by atoms with E-state index in [1.54, 1.807) is 24.3 Å². The number of carbonyl (C=O) groups excluding carboxylic acids is 1. The van der Waals surface area contributed by atoms with Crippen LogP contribution in [0.5, 0.6) is 5.75 Å². The second kappa shape index (κ2) is 8.17. The molecular weight excluding hydrogens is 459 g/mol. The van der Waals surface area contributed by atoms with Crippen molar-refractivity contribution in [1.82, 2.24) is 24.6 Å². The van der Waals surface area contributed by atoms with Crippen LogP contribution >= 0.6 is 0 Å². The monoisotopic (exact) mass is 478 g/mol. The van der Waals surface area contributed by atoms with Gasteiger partial charge in [-0.1, -0.05) is 0 Å². The number of anilines is 1. The summed E-state index contributed by atoms with van der Waals surface area (Å²) in [5, 5.41) is 10.2. The van der Waals surface area contributed by atoms with Crippen LogP contribution in [0.4, 0.5) is 10.1 Å². The van der Waals surface area contributed by atoms with Gasteiger partial charge >= 0.3 is 5.76 Å². The van der Waals surface area contributed by atoms with E-state index in [0.29, 0.717) is 59.7 Å². The zero-order valence-corrected chi connectivity index (χ0v) is 18.3. The Morgan fingerprint density at radius 2 is 2.09 bits per heavy atom. The molecule has 12 heteroatoms. The third-order valence-corrected chi connectivity index (χ3v) is 6.09. The van der Waals surface area contributed by atoms with Gasteiger partial charge in [-0.3, -0.25) is 9.59 Å². The highest BCUT2D eigenvalue weighted by atomic mass is 19.1. The number of nitrogens with zero attached hydrogens (tertiary/aromatic N) is 4. The molecule has 4 heterocycles. The summed E-state index contributed by atoms with van der Waals surface area (Å²) in [5.74, 6) is -0.556. The Kier molecular flexibility index (Phi) is 4.95. The fourth-order valence-corrected chi connectivity index (χ4v) is 4.52. The summed E-state index contributed by atoms with van der Waals surface area (Å²) in [6, 6.07) is 7.44. The van der Waals surface area contributed by atoms with Gasteiger partial charge in [-0.25, -0.2) is 14.2 Å². The van der Waals surface area contributed by atoms with Crippen molar-refractivity contribution in [3.8, 4) is 11.4 Å². The number of nitrogens with one attached hydrogen (secondary N) is 2. The van der Waals surface area contributed by atoms with Crippen LogP contribution in [-0.2, 0) is 17.8 Å². The molecule has 0 bridgehead atoms. The maximum Gasteiger partial charge on any atom is 0.441 e. The summed E-state index contributed by atoms with van der Waals surface area (Å²) < 4.78 is 27.8. The maximum absolute atomic E-state index is 14.6. The van der Waals surface area contributed by atoms with Gasteiger partial charge in [0, 0.05) is 18.5 Å². The Morgan fingerprint density at radius 3 is 2.97 bits per heavy atom. The van der Waals surface area contributed by atoms with E-state index in [2.05, 4.69) is 20.7 Å². The van der Waals surface area contributed by atoms with Crippen LogP contribution in [0.2, 0.25) is 0 Å². The number of amides is 1. The van der Waals surface area contributed by atoms with E-state index in [1.807, 2.05) is 0 Å². The average Bonchev–Trinajstić information content (AvgIpc) is 3.42. The standard InChI is InChI=1S/C23H19FN6O5/c24-13-4-5-14-22-21(13)16(10-29(22)20(32)9-26-14)25-7-1-2-19-28-30(23(33)35-19)12-3-6-17-15(8-12)27-18(31)11-34-17/h3-6,8-9,16,25H,1-2,7,10-11H2,(H,27,31)/t16-/m1/s1. The molecule has 2 N–H and O–H groups in total. The average molecular weight is 478 g/mol. The van der Waals surface area contributed by atoms with Gasteiger partial charge in [0.1, 0.15) is 11.6 Å². The van der Waals surface area contributed by atoms with Gasteiger partial charge in [0.15, 0.2) is 6.61 Å². The normalized spacial score (nSPS) is 16.3. The number of rotatable bonds is 6. The van der Waals surface area contributed by atoms with E-state index in [1.165, 1.54) is 16.8 Å². The Bertz CT molecular complexity index is 1610. The molecule has 0 saturated heterocycles. The minimum atomic E-state index is -0.650. The zero-order valence-electron chi connectivity index (χ0n) is 18.3. The van der Waals surface area contributed by atoms with Crippen LogP contribution < -0.4 is 26.7 Å². The molecule has 1 atom stereocenters. The first kappa shape index (κ1) is 21.2. The molecule has 2 aromatic heterocycles. The SMILES string of the molecule is O=C1COc2ccc(-n3nc(CCCN[C@@H]4Cn5c(=O)cnc6ccc(F)c4c65)oc3=O)cc2N1. The predicted octanol–water partition coefficient (Wildman–Crippen LogP) is 1.28. The summed E-state index contributed by atoms with van der Waals surface area (Å²) in [7, 11) is 0. The largest absolute Gasteiger partial charge is 0.482 e. The van der Waals surface area contributed by atoms with Crippen LogP contribution in [0.25, 0.3) is 16.7 Å². The number of carbonyl (C=O) groups is 1. The van der Waals surface area contributed by atoms with Gasteiger partial charge in [-0.05, 0) is 43.3 Å². The third-order valence-electron chi connectivity index (χ3n) is 6.09. The minimum Gasteiger partial charge on any atom is -0.482 e. The molecule has 1 amide bonds. The first-order valence-corrected chi connectivity index (χ1v) is 11.1. The second-order valence-corrected chi connectivity index (χ2v) is 8.34. The Balaban J connectivity index is 1.13. The van der Waals surface area contributed by atoms with Crippen molar-refractivity contribution in [2.75, 3.05) is 18.5 Å². The predicted molar refractivity (Wildman–Crippen MR) is 121 cm³/mol. The Labute approximate surface area is 196 Å². The highest BCUT2D eigenvalue weighted by molar-refractivity contribution is 5.95. The zero-order chi connectivity index (χ0) is 24.1. The minimum absolute atomic E-state index is 0.0587. The smallest absolute Gasteiger partial charge is 0.441 e. The number of fused-ring (bicyclic) bond motifs is 1. The summed E-state index contributed by atoms with van der Waals surface area (Å²) in [4.78, 5) is 40.2. The fourth-order valence-electron chi connectivity index (χ4n) is 4.52. The molecule has 0 saturated carbocycles. The van der Waals surface area contributed by atoms with Crippen molar-refractivity contribution in [2.24, 2.45) is 0 Å². The van der Waals surface area contributed by atoms with Gasteiger partial charge < -0.3 is 24.4 Å². The van der Waals surface area contributed by atoms with E-state index in [4.69, 9.17) is 9.15 Å². The topological polar surface area (TPSA) is 133 Å². The van der Waals surface area contributed by atoms with Crippen LogP contribution in [-0.4, -0.2) is 38.4 Å². The third kappa shape index (κ3) is 3.67. The van der Waals surface area contributed by atoms with Crippen molar-refractivity contribution in [3.05, 3.63) is 74.7 Å². The molecule has 0 spiro atoms. The summed E-state index contributed by atoms with van der Waals surface area (Å²) in [5.41, 5.74) is 2.14. The Morgan fingerprint density at radius 1 is 1.20 bits per heavy atom. The highest BCUT2D eigenvalue weighted by Crippen LogP contribution is 2.32. The van der Waals surface area contributed by atoms with Crippen LogP contribution in [0.15, 0.2) is 50.5 Å². The van der Waals surface area contributed by atoms with E-state index in [9.17, 15) is 18.8 Å². The molecule has 6 rings (SSSR count). The maximum atomic E-state index is 14.6. The number of ether oxygens (including phenoxy) is 1. The van der Waals surface area contributed by atoms with Crippen molar-refractivity contribution < 1.29 is 18.3 Å². The first-order chi connectivity index (χ1) is 17.0. The number of aryl methyl sites for hydroxylation is 1. The van der Waals surface area contributed by atoms with E-state index >= 15 is 0 Å². The van der Waals surface area contributed by atoms with Gasteiger partial charge in [0.2, 0.25) is 5.89 Å². The molecule has 0 unspecified atom stereocenters. The van der Waals surface area contributed by atoms with Crippen LogP contribution in [0.3, 0.4) is 0 Å². The van der Waals surface area contributed by atoms with Crippen molar-refractivity contribution in [3.63, 3.8) is 0 Å². The number of benzene rings is 2. The molecule has 11 nitrogen and oxygen atoms in total. The van der Waals surface area contributed by atoms with Gasteiger partial charge in [-0.15, -0.1) is 5.10 Å². The lowest BCUT2D eigenvalue weighted by atomic mass is 10.1. The molecule has 2 aliphatic rings. The molecule has 0 fully saturated rings. The van der Waals surface area contributed by atoms with Crippen LogP contribution in [0.1, 0.15) is 23.9 Å². The van der Waals surface area contributed by atoms with Crippen molar-refractivity contribution in [2.45, 2.75) is 25.4 Å². The molecular formula is C23H19FN6O5. The first-order valence-electron chi connectivity index (χ1n) is 11.1. The molecule has 35 heavy (non-hydrogen) atoms. The summed E-state index contributed by atoms with van der Waals surface area (Å²) >= 11 is 0. The quantitative estimate of drug-likeness (QED) is 0.396. The molecule has 2 aliphatic heterocycles. The molecule has 0 aliphatic carbocycles. The lowest BCUT2D eigenvalue weighted by molar-refractivity contribution is -0.118. The van der Waals surface area contributed by atoms with Crippen molar-refractivity contribution >= 4 is 22.6 Å². The van der Waals surface area contributed by atoms with E-state index < -0.39 is 5.76 Å². The van der Waals surface area contributed by atoms with Gasteiger partial charge in [0.05, 0.1) is 34.6 Å². The highest BCUT2D eigenvalue weighted by Gasteiger charge is 2.28. The number of halogens is 1. The lowest BCUT2D eigenvalue weighted by Crippen LogP contribution is -2.26. The molecule has 0 radical (unpaired) electrons. The number of hydrogen-bond donors (Lipinski definition) is 2. The van der Waals surface area contributed by atoms with Crippen molar-refractivity contribution in [1.29, 1.82) is 0 Å². The fraction of sp³-hybridized carbons (Fsp3) is 0.261. The molecule has 178 valence electrons. The molecule has 2 aromatic carbocycles. The van der Waals surface area contributed by atoms with Crippen LogP contribution in [0, 0.1) is 5.82 Å².